The number of rotatable bonds is 5. The third-order valence-electron chi connectivity index (χ3n) is 3.85. The molecule has 3 aromatic carbocycles. The molecule has 144 valence electrons. The normalized spacial score (nSPS) is 11.2. The Morgan fingerprint density at radius 2 is 1.71 bits per heavy atom. The summed E-state index contributed by atoms with van der Waals surface area (Å²) in [5.74, 6) is -1.59. The highest BCUT2D eigenvalue weighted by molar-refractivity contribution is 7.87. The van der Waals surface area contributed by atoms with Crippen LogP contribution in [0.4, 0.5) is 5.69 Å². The van der Waals surface area contributed by atoms with Crippen molar-refractivity contribution in [2.45, 2.75) is 11.8 Å². The van der Waals surface area contributed by atoms with Crippen LogP contribution in [0.5, 0.6) is 5.75 Å². The van der Waals surface area contributed by atoms with E-state index in [0.717, 1.165) is 12.1 Å². The van der Waals surface area contributed by atoms with Gasteiger partial charge in [0.1, 0.15) is 4.90 Å². The van der Waals surface area contributed by atoms with Crippen LogP contribution in [0.3, 0.4) is 0 Å². The molecule has 3 rings (SSSR count). The lowest BCUT2D eigenvalue weighted by Crippen LogP contribution is -2.12. The Balaban J connectivity index is 2.06. The van der Waals surface area contributed by atoms with Crippen LogP contribution in [0.2, 0.25) is 5.02 Å². The average Bonchev–Trinajstić information content (AvgIpc) is 2.63. The number of aromatic carboxylic acids is 1. The zero-order valence-electron chi connectivity index (χ0n) is 14.5. The molecule has 7 nitrogen and oxygen atoms in total. The van der Waals surface area contributed by atoms with Gasteiger partial charge in [-0.15, -0.1) is 0 Å². The highest BCUT2D eigenvalue weighted by Crippen LogP contribution is 2.33. The van der Waals surface area contributed by atoms with Gasteiger partial charge < -0.3 is 14.6 Å². The maximum Gasteiger partial charge on any atom is 0.339 e. The van der Waals surface area contributed by atoms with Crippen LogP contribution in [-0.4, -0.2) is 25.4 Å². The molecular formula is C19H14ClNO6S. The van der Waals surface area contributed by atoms with Gasteiger partial charge in [-0.05, 0) is 30.3 Å². The molecule has 1 amide bonds. The van der Waals surface area contributed by atoms with Crippen LogP contribution < -0.4 is 9.50 Å². The van der Waals surface area contributed by atoms with E-state index in [0.29, 0.717) is 16.5 Å². The van der Waals surface area contributed by atoms with Gasteiger partial charge in [-0.25, -0.2) is 4.79 Å². The van der Waals surface area contributed by atoms with E-state index < -0.39 is 16.1 Å². The number of carbonyl (C=O) groups excluding carboxylic acids is 1. The summed E-state index contributed by atoms with van der Waals surface area (Å²) in [6.45, 7) is 1.37. The van der Waals surface area contributed by atoms with Gasteiger partial charge in [0.15, 0.2) is 5.75 Å². The molecule has 0 fully saturated rings. The lowest BCUT2D eigenvalue weighted by Gasteiger charge is -2.13. The van der Waals surface area contributed by atoms with Gasteiger partial charge in [-0.2, -0.15) is 8.42 Å². The number of anilines is 1. The zero-order valence-corrected chi connectivity index (χ0v) is 16.0. The van der Waals surface area contributed by atoms with E-state index in [-0.39, 0.29) is 27.1 Å². The fourth-order valence-corrected chi connectivity index (χ4v) is 3.81. The molecule has 2 N–H and O–H groups in total. The van der Waals surface area contributed by atoms with Crippen LogP contribution in [-0.2, 0) is 14.9 Å². The Bertz CT molecular complexity index is 1210. The second kappa shape index (κ2) is 7.49. The molecule has 0 aliphatic rings. The lowest BCUT2D eigenvalue weighted by atomic mass is 10.1. The van der Waals surface area contributed by atoms with E-state index in [1.165, 1.54) is 25.1 Å². The quantitative estimate of drug-likeness (QED) is 0.606. The predicted octanol–water partition coefficient (Wildman–Crippen LogP) is 3.92. The lowest BCUT2D eigenvalue weighted by molar-refractivity contribution is -0.114. The van der Waals surface area contributed by atoms with Crippen molar-refractivity contribution in [3.8, 4) is 5.75 Å². The minimum atomic E-state index is -4.32. The van der Waals surface area contributed by atoms with Crippen molar-refractivity contribution < 1.29 is 27.3 Å². The fourth-order valence-electron chi connectivity index (χ4n) is 2.63. The van der Waals surface area contributed by atoms with Gasteiger partial charge in [0.25, 0.3) is 0 Å². The summed E-state index contributed by atoms with van der Waals surface area (Å²) in [6, 6.07) is 13.0. The number of carbonyl (C=O) groups is 2. The van der Waals surface area contributed by atoms with Gasteiger partial charge in [0, 0.05) is 23.4 Å². The number of hydrogen-bond acceptors (Lipinski definition) is 5. The first-order chi connectivity index (χ1) is 13.2. The molecule has 0 unspecified atom stereocenters. The van der Waals surface area contributed by atoms with Crippen LogP contribution in [0, 0.1) is 0 Å². The fraction of sp³-hybridized carbons (Fsp3) is 0.0526. The van der Waals surface area contributed by atoms with E-state index in [2.05, 4.69) is 5.32 Å². The Kier molecular flexibility index (Phi) is 5.26. The maximum atomic E-state index is 12.7. The van der Waals surface area contributed by atoms with E-state index in [4.69, 9.17) is 20.9 Å². The zero-order chi connectivity index (χ0) is 20.5. The molecule has 9 heteroatoms. The van der Waals surface area contributed by atoms with Crippen LogP contribution >= 0.6 is 11.6 Å². The SMILES string of the molecule is CC(=O)Nc1ccc(OS(=O)(=O)c2ccc(Cl)c(C(=O)O)c2)c2ccccc12. The molecular weight excluding hydrogens is 406 g/mol. The minimum Gasteiger partial charge on any atom is -0.478 e. The van der Waals surface area contributed by atoms with E-state index in [9.17, 15) is 18.0 Å². The molecule has 0 saturated carbocycles. The van der Waals surface area contributed by atoms with Crippen LogP contribution in [0.15, 0.2) is 59.5 Å². The maximum absolute atomic E-state index is 12.7. The summed E-state index contributed by atoms with van der Waals surface area (Å²) < 4.78 is 30.6. The van der Waals surface area contributed by atoms with E-state index >= 15 is 0 Å². The number of halogens is 1. The molecule has 0 saturated heterocycles. The van der Waals surface area contributed by atoms with Crippen molar-refractivity contribution in [3.63, 3.8) is 0 Å². The molecule has 0 spiro atoms. The number of carboxylic acid groups (broad SMARTS) is 1. The highest BCUT2D eigenvalue weighted by atomic mass is 35.5. The van der Waals surface area contributed by atoms with E-state index in [1.807, 2.05) is 0 Å². The summed E-state index contributed by atoms with van der Waals surface area (Å²) in [5.41, 5.74) is 0.157. The highest BCUT2D eigenvalue weighted by Gasteiger charge is 2.22. The summed E-state index contributed by atoms with van der Waals surface area (Å²) in [4.78, 5) is 22.2. The number of amides is 1. The molecule has 3 aromatic rings. The van der Waals surface area contributed by atoms with Gasteiger partial charge in [-0.3, -0.25) is 4.79 Å². The third kappa shape index (κ3) is 3.92. The first-order valence-corrected chi connectivity index (χ1v) is 9.74. The van der Waals surface area contributed by atoms with Crippen molar-refractivity contribution in [1.29, 1.82) is 0 Å². The first-order valence-electron chi connectivity index (χ1n) is 7.96. The van der Waals surface area contributed by atoms with Gasteiger partial charge in [0.05, 0.1) is 10.6 Å². The number of benzene rings is 3. The molecule has 0 bridgehead atoms. The molecule has 28 heavy (non-hydrogen) atoms. The summed E-state index contributed by atoms with van der Waals surface area (Å²) in [7, 11) is -4.32. The number of carboxylic acids is 1. The molecule has 0 aliphatic carbocycles. The predicted molar refractivity (Wildman–Crippen MR) is 104 cm³/mol. The first kappa shape index (κ1) is 19.7. The Morgan fingerprint density at radius 1 is 1.04 bits per heavy atom. The smallest absolute Gasteiger partial charge is 0.339 e. The van der Waals surface area contributed by atoms with Crippen LogP contribution in [0.25, 0.3) is 10.8 Å². The van der Waals surface area contributed by atoms with Crippen molar-refractivity contribution >= 4 is 50.1 Å². The Labute approximate surface area is 165 Å². The van der Waals surface area contributed by atoms with Crippen molar-refractivity contribution in [3.05, 3.63) is 65.2 Å². The average molecular weight is 420 g/mol. The van der Waals surface area contributed by atoms with Crippen molar-refractivity contribution in [2.75, 3.05) is 5.32 Å². The minimum absolute atomic E-state index is 0.0385. The molecule has 0 aliphatic heterocycles. The molecule has 0 atom stereocenters. The monoisotopic (exact) mass is 419 g/mol. The molecule has 0 heterocycles. The third-order valence-corrected chi connectivity index (χ3v) is 5.41. The topological polar surface area (TPSA) is 110 Å². The van der Waals surface area contributed by atoms with Gasteiger partial charge in [-0.1, -0.05) is 35.9 Å². The number of nitrogens with one attached hydrogen (secondary N) is 1. The summed E-state index contributed by atoms with van der Waals surface area (Å²) in [6.07, 6.45) is 0. The van der Waals surface area contributed by atoms with Gasteiger partial charge >= 0.3 is 16.1 Å². The summed E-state index contributed by atoms with van der Waals surface area (Å²) in [5, 5.41) is 12.8. The second-order valence-corrected chi connectivity index (χ2v) is 7.78. The molecule has 0 radical (unpaired) electrons. The van der Waals surface area contributed by atoms with Crippen molar-refractivity contribution in [2.24, 2.45) is 0 Å². The Morgan fingerprint density at radius 3 is 2.36 bits per heavy atom. The van der Waals surface area contributed by atoms with E-state index in [1.54, 1.807) is 24.3 Å². The number of fused-ring (bicyclic) bond motifs is 1. The largest absolute Gasteiger partial charge is 0.478 e. The van der Waals surface area contributed by atoms with Gasteiger partial charge in [0.2, 0.25) is 5.91 Å². The molecule has 0 aromatic heterocycles. The number of hydrogen-bond donors (Lipinski definition) is 2. The second-order valence-electron chi connectivity index (χ2n) is 5.82. The Hall–Kier alpha value is -3.10. The van der Waals surface area contributed by atoms with Crippen molar-refractivity contribution in [1.82, 2.24) is 0 Å². The summed E-state index contributed by atoms with van der Waals surface area (Å²) >= 11 is 5.79. The van der Waals surface area contributed by atoms with Crippen LogP contribution in [0.1, 0.15) is 17.3 Å². The standard InChI is InChI=1S/C19H14ClNO6S/c1-11(22)21-17-8-9-18(14-5-3-2-4-13(14)17)27-28(25,26)12-6-7-16(20)15(10-12)19(23)24/h2-10H,1H3,(H,21,22)(H,23,24).